The number of nitrogens with one attached hydrogen (secondary N) is 1. The van der Waals surface area contributed by atoms with Gasteiger partial charge < -0.3 is 15.1 Å². The number of amides is 1. The third-order valence-electron chi connectivity index (χ3n) is 6.15. The van der Waals surface area contributed by atoms with E-state index in [1.807, 2.05) is 15.9 Å². The van der Waals surface area contributed by atoms with Gasteiger partial charge in [-0.1, -0.05) is 12.1 Å². The first-order valence-electron chi connectivity index (χ1n) is 10.4. The van der Waals surface area contributed by atoms with Crippen LogP contribution in [0.5, 0.6) is 0 Å². The highest BCUT2D eigenvalue weighted by Crippen LogP contribution is 2.34. The highest BCUT2D eigenvalue weighted by Gasteiger charge is 2.45. The van der Waals surface area contributed by atoms with Crippen LogP contribution in [0, 0.1) is 11.8 Å². The lowest BCUT2D eigenvalue weighted by atomic mass is 10.0. The SMILES string of the molecule is CC1=CC(N2CC3CN(C(=O)c4ccccc4-n4nccn4)CC3C2)=NC(C(F)(F)F)N1. The fraction of sp³-hybridized carbons (Fsp3) is 0.429. The highest BCUT2D eigenvalue weighted by molar-refractivity contribution is 5.98. The minimum absolute atomic E-state index is 0.0917. The van der Waals surface area contributed by atoms with Gasteiger partial charge >= 0.3 is 6.18 Å². The standard InChI is InChI=1S/C21H22F3N7O/c1-13-8-18(28-20(27-13)21(22,23)24)29-9-14-11-30(12-15(14)10-29)19(32)16-4-2-3-5-17(16)31-25-6-7-26-31/h2-8,14-15,20,27H,9-12H2,1H3. The molecular formula is C21H22F3N7O. The first-order valence-corrected chi connectivity index (χ1v) is 10.4. The molecule has 3 unspecified atom stereocenters. The molecule has 3 aliphatic rings. The van der Waals surface area contributed by atoms with E-state index < -0.39 is 12.3 Å². The molecule has 168 valence electrons. The van der Waals surface area contributed by atoms with Crippen molar-refractivity contribution in [2.75, 3.05) is 26.2 Å². The van der Waals surface area contributed by atoms with Crippen molar-refractivity contribution < 1.29 is 18.0 Å². The summed E-state index contributed by atoms with van der Waals surface area (Å²) in [6, 6.07) is 7.19. The number of hydrogen-bond acceptors (Lipinski definition) is 6. The van der Waals surface area contributed by atoms with Gasteiger partial charge in [0, 0.05) is 43.7 Å². The van der Waals surface area contributed by atoms with Gasteiger partial charge in [0.1, 0.15) is 5.84 Å². The van der Waals surface area contributed by atoms with Gasteiger partial charge in [-0.3, -0.25) is 4.79 Å². The highest BCUT2D eigenvalue weighted by atomic mass is 19.4. The molecular weight excluding hydrogens is 423 g/mol. The third kappa shape index (κ3) is 3.71. The van der Waals surface area contributed by atoms with E-state index in [4.69, 9.17) is 0 Å². The monoisotopic (exact) mass is 445 g/mol. The van der Waals surface area contributed by atoms with Gasteiger partial charge in [0.25, 0.3) is 5.91 Å². The van der Waals surface area contributed by atoms with Crippen molar-refractivity contribution in [1.29, 1.82) is 0 Å². The maximum absolute atomic E-state index is 13.3. The van der Waals surface area contributed by atoms with Crippen molar-refractivity contribution in [3.8, 4) is 5.69 Å². The van der Waals surface area contributed by atoms with Crippen LogP contribution >= 0.6 is 0 Å². The number of halogens is 3. The fourth-order valence-electron chi connectivity index (χ4n) is 4.67. The molecule has 0 aliphatic carbocycles. The van der Waals surface area contributed by atoms with E-state index >= 15 is 0 Å². The molecule has 5 rings (SSSR count). The molecule has 2 aromatic rings. The molecule has 1 aromatic carbocycles. The maximum atomic E-state index is 13.3. The Morgan fingerprint density at radius 1 is 1.06 bits per heavy atom. The van der Waals surface area contributed by atoms with E-state index in [-0.39, 0.29) is 17.7 Å². The zero-order valence-electron chi connectivity index (χ0n) is 17.3. The minimum atomic E-state index is -4.45. The minimum Gasteiger partial charge on any atom is -0.360 e. The molecule has 11 heteroatoms. The summed E-state index contributed by atoms with van der Waals surface area (Å²) in [7, 11) is 0. The van der Waals surface area contributed by atoms with Crippen LogP contribution in [-0.2, 0) is 0 Å². The van der Waals surface area contributed by atoms with Gasteiger partial charge in [-0.05, 0) is 25.1 Å². The van der Waals surface area contributed by atoms with Crippen LogP contribution in [0.2, 0.25) is 0 Å². The zero-order valence-corrected chi connectivity index (χ0v) is 17.3. The lowest BCUT2D eigenvalue weighted by molar-refractivity contribution is -0.152. The number of amidine groups is 1. The smallest absolute Gasteiger partial charge is 0.360 e. The quantitative estimate of drug-likeness (QED) is 0.766. The van der Waals surface area contributed by atoms with Crippen LogP contribution in [0.25, 0.3) is 5.69 Å². The van der Waals surface area contributed by atoms with Crippen molar-refractivity contribution in [2.45, 2.75) is 19.3 Å². The number of fused-ring (bicyclic) bond motifs is 1. The summed E-state index contributed by atoms with van der Waals surface area (Å²) in [6.07, 6.45) is -1.61. The first-order chi connectivity index (χ1) is 15.3. The average Bonchev–Trinajstić information content (AvgIpc) is 3.48. The lowest BCUT2D eigenvalue weighted by Crippen LogP contribution is -2.45. The van der Waals surface area contributed by atoms with E-state index in [9.17, 15) is 18.0 Å². The number of alkyl halides is 3. The number of allylic oxidation sites excluding steroid dienone is 1. The number of aliphatic imine (C=N–C) groups is 1. The van der Waals surface area contributed by atoms with Crippen LogP contribution in [0.15, 0.2) is 53.4 Å². The number of para-hydroxylation sites is 1. The van der Waals surface area contributed by atoms with Crippen molar-refractivity contribution in [1.82, 2.24) is 30.1 Å². The topological polar surface area (TPSA) is 78.7 Å². The van der Waals surface area contributed by atoms with Crippen LogP contribution in [0.1, 0.15) is 17.3 Å². The molecule has 3 aliphatic heterocycles. The van der Waals surface area contributed by atoms with E-state index in [0.29, 0.717) is 49.0 Å². The number of carbonyl (C=O) groups excluding carboxylic acids is 1. The Kier molecular flexibility index (Phi) is 4.90. The Morgan fingerprint density at radius 2 is 1.72 bits per heavy atom. The number of aromatic nitrogens is 3. The van der Waals surface area contributed by atoms with Gasteiger partial charge in [0.2, 0.25) is 6.17 Å². The first kappa shape index (κ1) is 20.5. The lowest BCUT2D eigenvalue weighted by Gasteiger charge is -2.29. The normalized spacial score (nSPS) is 25.3. The maximum Gasteiger partial charge on any atom is 0.429 e. The number of likely N-dealkylation sites (tertiary alicyclic amines) is 2. The molecule has 2 fully saturated rings. The second-order valence-corrected chi connectivity index (χ2v) is 8.37. The summed E-state index contributed by atoms with van der Waals surface area (Å²) >= 11 is 0. The predicted octanol–water partition coefficient (Wildman–Crippen LogP) is 2.06. The number of rotatable bonds is 2. The summed E-state index contributed by atoms with van der Waals surface area (Å²) in [4.78, 5) is 22.3. The average molecular weight is 445 g/mol. The van der Waals surface area contributed by atoms with Gasteiger partial charge in [0.05, 0.1) is 23.6 Å². The fourth-order valence-corrected chi connectivity index (χ4v) is 4.67. The Bertz CT molecular complexity index is 1070. The van der Waals surface area contributed by atoms with Crippen molar-refractivity contribution >= 4 is 11.7 Å². The number of benzene rings is 1. The second kappa shape index (κ2) is 7.64. The molecule has 1 amide bonds. The second-order valence-electron chi connectivity index (χ2n) is 8.37. The number of hydrogen-bond donors (Lipinski definition) is 1. The molecule has 2 saturated heterocycles. The summed E-state index contributed by atoms with van der Waals surface area (Å²) in [5, 5.41) is 10.6. The zero-order chi connectivity index (χ0) is 22.5. The Labute approximate surface area is 182 Å². The summed E-state index contributed by atoms with van der Waals surface area (Å²) in [6.45, 7) is 3.86. The summed E-state index contributed by atoms with van der Waals surface area (Å²) < 4.78 is 39.5. The molecule has 1 N–H and O–H groups in total. The molecule has 8 nitrogen and oxygen atoms in total. The molecule has 0 bridgehead atoms. The molecule has 0 spiro atoms. The van der Waals surface area contributed by atoms with Crippen molar-refractivity contribution in [2.24, 2.45) is 16.8 Å². The third-order valence-corrected chi connectivity index (χ3v) is 6.15. The van der Waals surface area contributed by atoms with Crippen LogP contribution in [0.4, 0.5) is 13.2 Å². The van der Waals surface area contributed by atoms with E-state index in [1.165, 1.54) is 4.80 Å². The van der Waals surface area contributed by atoms with Crippen LogP contribution in [0.3, 0.4) is 0 Å². The van der Waals surface area contributed by atoms with E-state index in [0.717, 1.165) is 0 Å². The van der Waals surface area contributed by atoms with E-state index in [2.05, 4.69) is 20.5 Å². The summed E-state index contributed by atoms with van der Waals surface area (Å²) in [5.74, 6) is 0.631. The Hall–Kier alpha value is -3.37. The van der Waals surface area contributed by atoms with E-state index in [1.54, 1.807) is 43.6 Å². The molecule has 3 atom stereocenters. The Morgan fingerprint density at radius 3 is 2.38 bits per heavy atom. The van der Waals surface area contributed by atoms with Crippen molar-refractivity contribution in [3.63, 3.8) is 0 Å². The van der Waals surface area contributed by atoms with Gasteiger partial charge in [-0.2, -0.15) is 28.2 Å². The molecule has 4 heterocycles. The summed E-state index contributed by atoms with van der Waals surface area (Å²) in [5.41, 5.74) is 1.58. The molecule has 0 saturated carbocycles. The largest absolute Gasteiger partial charge is 0.429 e. The van der Waals surface area contributed by atoms with Gasteiger partial charge in [-0.15, -0.1) is 0 Å². The predicted molar refractivity (Wildman–Crippen MR) is 110 cm³/mol. The molecule has 32 heavy (non-hydrogen) atoms. The van der Waals surface area contributed by atoms with Crippen LogP contribution < -0.4 is 5.32 Å². The van der Waals surface area contributed by atoms with Crippen molar-refractivity contribution in [3.05, 3.63) is 54.0 Å². The number of carbonyl (C=O) groups is 1. The molecule has 0 radical (unpaired) electrons. The Balaban J connectivity index is 1.29. The van der Waals surface area contributed by atoms with Crippen LogP contribution in [-0.4, -0.2) is 75.1 Å². The molecule has 1 aromatic heterocycles. The van der Waals surface area contributed by atoms with Gasteiger partial charge in [0.15, 0.2) is 0 Å². The van der Waals surface area contributed by atoms with Gasteiger partial charge in [-0.25, -0.2) is 4.99 Å². The number of nitrogens with zero attached hydrogens (tertiary/aromatic N) is 6.